The molecule has 0 bridgehead atoms. The smallest absolute Gasteiger partial charge is 0.137 e. The van der Waals surface area contributed by atoms with E-state index >= 15 is 0 Å². The Morgan fingerprint density at radius 1 is 1.26 bits per heavy atom. The SMILES string of the molecule is CCNc1ncnc(N(CC)C(C)CN(C)C)c1C. The molecule has 108 valence electrons. The van der Waals surface area contributed by atoms with Crippen molar-refractivity contribution >= 4 is 11.6 Å². The van der Waals surface area contributed by atoms with Crippen LogP contribution in [-0.4, -0.2) is 54.6 Å². The van der Waals surface area contributed by atoms with Crippen molar-refractivity contribution in [3.63, 3.8) is 0 Å². The topological polar surface area (TPSA) is 44.3 Å². The first-order valence-corrected chi connectivity index (χ1v) is 6.98. The number of aromatic nitrogens is 2. The lowest BCUT2D eigenvalue weighted by Gasteiger charge is -2.32. The summed E-state index contributed by atoms with van der Waals surface area (Å²) in [5.74, 6) is 1.96. The van der Waals surface area contributed by atoms with E-state index in [1.165, 1.54) is 0 Å². The monoisotopic (exact) mass is 265 g/mol. The Bertz CT molecular complexity index is 391. The van der Waals surface area contributed by atoms with Gasteiger partial charge in [0.1, 0.15) is 18.0 Å². The van der Waals surface area contributed by atoms with Gasteiger partial charge in [-0.05, 0) is 41.8 Å². The molecule has 1 unspecified atom stereocenters. The maximum atomic E-state index is 4.48. The van der Waals surface area contributed by atoms with Gasteiger partial charge in [-0.1, -0.05) is 0 Å². The molecular weight excluding hydrogens is 238 g/mol. The van der Waals surface area contributed by atoms with Crippen LogP contribution in [0.5, 0.6) is 0 Å². The van der Waals surface area contributed by atoms with Gasteiger partial charge in [-0.3, -0.25) is 0 Å². The van der Waals surface area contributed by atoms with Crippen molar-refractivity contribution < 1.29 is 0 Å². The molecule has 1 atom stereocenters. The van der Waals surface area contributed by atoms with E-state index in [1.54, 1.807) is 6.33 Å². The zero-order valence-electron chi connectivity index (χ0n) is 13.1. The third-order valence-corrected chi connectivity index (χ3v) is 3.18. The molecular formula is C14H27N5. The van der Waals surface area contributed by atoms with E-state index in [1.807, 2.05) is 0 Å². The van der Waals surface area contributed by atoms with Crippen LogP contribution in [0.4, 0.5) is 11.6 Å². The van der Waals surface area contributed by atoms with Gasteiger partial charge in [0, 0.05) is 31.2 Å². The molecule has 0 spiro atoms. The highest BCUT2D eigenvalue weighted by molar-refractivity contribution is 5.58. The Balaban J connectivity index is 3.01. The first kappa shape index (κ1) is 15.7. The van der Waals surface area contributed by atoms with Gasteiger partial charge in [0.05, 0.1) is 0 Å². The van der Waals surface area contributed by atoms with Gasteiger partial charge in [0.25, 0.3) is 0 Å². The quantitative estimate of drug-likeness (QED) is 0.817. The molecule has 0 saturated heterocycles. The van der Waals surface area contributed by atoms with Crippen molar-refractivity contribution in [2.45, 2.75) is 33.7 Å². The van der Waals surface area contributed by atoms with Crippen LogP contribution < -0.4 is 10.2 Å². The van der Waals surface area contributed by atoms with Crippen molar-refractivity contribution in [1.29, 1.82) is 0 Å². The Labute approximate surface area is 117 Å². The zero-order valence-corrected chi connectivity index (χ0v) is 13.1. The molecule has 1 N–H and O–H groups in total. The largest absolute Gasteiger partial charge is 0.370 e. The van der Waals surface area contributed by atoms with Gasteiger partial charge in [0.2, 0.25) is 0 Å². The molecule has 0 amide bonds. The van der Waals surface area contributed by atoms with E-state index < -0.39 is 0 Å². The molecule has 0 saturated carbocycles. The molecule has 5 nitrogen and oxygen atoms in total. The van der Waals surface area contributed by atoms with Crippen molar-refractivity contribution in [2.24, 2.45) is 0 Å². The normalized spacial score (nSPS) is 12.6. The first-order chi connectivity index (χ1) is 9.01. The summed E-state index contributed by atoms with van der Waals surface area (Å²) < 4.78 is 0. The van der Waals surface area contributed by atoms with Crippen LogP contribution in [0.25, 0.3) is 0 Å². The van der Waals surface area contributed by atoms with E-state index in [-0.39, 0.29) is 0 Å². The second-order valence-corrected chi connectivity index (χ2v) is 5.10. The summed E-state index contributed by atoms with van der Waals surface area (Å²) in [6.07, 6.45) is 1.64. The molecule has 1 rings (SSSR count). The summed E-state index contributed by atoms with van der Waals surface area (Å²) >= 11 is 0. The number of nitrogens with zero attached hydrogens (tertiary/aromatic N) is 4. The predicted molar refractivity (Wildman–Crippen MR) is 82.0 cm³/mol. The lowest BCUT2D eigenvalue weighted by atomic mass is 10.2. The molecule has 1 aromatic heterocycles. The Morgan fingerprint density at radius 2 is 1.95 bits per heavy atom. The third kappa shape index (κ3) is 4.06. The highest BCUT2D eigenvalue weighted by Crippen LogP contribution is 2.23. The Hall–Kier alpha value is -1.36. The van der Waals surface area contributed by atoms with Crippen LogP contribution in [0.3, 0.4) is 0 Å². The number of nitrogens with one attached hydrogen (secondary N) is 1. The fraction of sp³-hybridized carbons (Fsp3) is 0.714. The summed E-state index contributed by atoms with van der Waals surface area (Å²) in [5.41, 5.74) is 1.12. The third-order valence-electron chi connectivity index (χ3n) is 3.18. The molecule has 0 radical (unpaired) electrons. The van der Waals surface area contributed by atoms with E-state index in [4.69, 9.17) is 0 Å². The van der Waals surface area contributed by atoms with Crippen LogP contribution in [0, 0.1) is 6.92 Å². The number of anilines is 2. The minimum atomic E-state index is 0.420. The summed E-state index contributed by atoms with van der Waals surface area (Å²) in [6, 6.07) is 0.420. The van der Waals surface area contributed by atoms with Crippen LogP contribution >= 0.6 is 0 Å². The highest BCUT2D eigenvalue weighted by Gasteiger charge is 2.18. The lowest BCUT2D eigenvalue weighted by molar-refractivity contribution is 0.372. The van der Waals surface area contributed by atoms with Crippen molar-refractivity contribution in [1.82, 2.24) is 14.9 Å². The molecule has 0 aliphatic carbocycles. The standard InChI is InChI=1S/C14H27N5/c1-7-15-13-12(4)14(17-10-16-13)19(8-2)11(3)9-18(5)6/h10-11H,7-9H2,1-6H3,(H,15,16,17). The number of hydrogen-bond acceptors (Lipinski definition) is 5. The Morgan fingerprint density at radius 3 is 2.47 bits per heavy atom. The van der Waals surface area contributed by atoms with Gasteiger partial charge in [-0.2, -0.15) is 0 Å². The maximum absolute atomic E-state index is 4.48. The van der Waals surface area contributed by atoms with Gasteiger partial charge in [-0.25, -0.2) is 9.97 Å². The second kappa shape index (κ2) is 7.28. The van der Waals surface area contributed by atoms with Crippen LogP contribution in [0.2, 0.25) is 0 Å². The molecule has 0 fully saturated rings. The average molecular weight is 265 g/mol. The molecule has 0 aliphatic rings. The minimum Gasteiger partial charge on any atom is -0.370 e. The number of hydrogen-bond donors (Lipinski definition) is 1. The summed E-state index contributed by atoms with van der Waals surface area (Å²) in [5, 5.41) is 3.29. The molecule has 1 heterocycles. The van der Waals surface area contributed by atoms with Gasteiger partial charge >= 0.3 is 0 Å². The number of rotatable bonds is 7. The summed E-state index contributed by atoms with van der Waals surface area (Å²) in [4.78, 5) is 13.3. The lowest BCUT2D eigenvalue weighted by Crippen LogP contribution is -2.41. The van der Waals surface area contributed by atoms with Crippen molar-refractivity contribution in [3.8, 4) is 0 Å². The van der Waals surface area contributed by atoms with E-state index in [0.717, 1.165) is 36.8 Å². The van der Waals surface area contributed by atoms with Crippen molar-refractivity contribution in [3.05, 3.63) is 11.9 Å². The summed E-state index contributed by atoms with van der Waals surface area (Å²) in [6.45, 7) is 11.4. The maximum Gasteiger partial charge on any atom is 0.137 e. The molecule has 19 heavy (non-hydrogen) atoms. The highest BCUT2D eigenvalue weighted by atomic mass is 15.2. The summed E-state index contributed by atoms with van der Waals surface area (Å²) in [7, 11) is 4.20. The van der Waals surface area contributed by atoms with E-state index in [2.05, 4.69) is 66.9 Å². The molecule has 0 aromatic carbocycles. The average Bonchev–Trinajstić information content (AvgIpc) is 2.34. The fourth-order valence-electron chi connectivity index (χ4n) is 2.37. The number of likely N-dealkylation sites (N-methyl/N-ethyl adjacent to an activating group) is 2. The predicted octanol–water partition coefficient (Wildman–Crippen LogP) is 1.99. The van der Waals surface area contributed by atoms with Gasteiger partial charge in [0.15, 0.2) is 0 Å². The first-order valence-electron chi connectivity index (χ1n) is 6.98. The van der Waals surface area contributed by atoms with Gasteiger partial charge < -0.3 is 15.1 Å². The van der Waals surface area contributed by atoms with Gasteiger partial charge in [-0.15, -0.1) is 0 Å². The molecule has 1 aromatic rings. The minimum absolute atomic E-state index is 0.420. The van der Waals surface area contributed by atoms with Crippen LogP contribution in [0.1, 0.15) is 26.3 Å². The fourth-order valence-corrected chi connectivity index (χ4v) is 2.37. The molecule has 0 aliphatic heterocycles. The zero-order chi connectivity index (χ0) is 14.4. The van der Waals surface area contributed by atoms with Crippen molar-refractivity contribution in [2.75, 3.05) is 43.9 Å². The Kier molecular flexibility index (Phi) is 6.02. The van der Waals surface area contributed by atoms with E-state index in [9.17, 15) is 0 Å². The molecule has 5 heteroatoms. The second-order valence-electron chi connectivity index (χ2n) is 5.10. The van der Waals surface area contributed by atoms with Crippen LogP contribution in [-0.2, 0) is 0 Å². The van der Waals surface area contributed by atoms with Crippen LogP contribution in [0.15, 0.2) is 6.33 Å². The van der Waals surface area contributed by atoms with E-state index in [0.29, 0.717) is 6.04 Å².